The number of carbonyl (C=O) groups is 1. The number of rotatable bonds is 4. The third-order valence-electron chi connectivity index (χ3n) is 2.61. The van der Waals surface area contributed by atoms with Gasteiger partial charge in [-0.2, -0.15) is 0 Å². The van der Waals surface area contributed by atoms with Gasteiger partial charge in [-0.1, -0.05) is 11.6 Å². The average Bonchev–Trinajstić information content (AvgIpc) is 2.30. The molecule has 0 unspecified atom stereocenters. The maximum Gasteiger partial charge on any atom is 0.255 e. The highest BCUT2D eigenvalue weighted by molar-refractivity contribution is 5.99. The number of nitrogen functional groups attached to an aromatic ring is 1. The van der Waals surface area contributed by atoms with E-state index in [1.807, 2.05) is 39.0 Å². The standard InChI is InChI=1S/C12H19N3O/c1-4-15(5-2)12(16)10-8-9(3)6-7-11(10)14-13/h6-8,14H,4-5,13H2,1-3H3. The van der Waals surface area contributed by atoms with Gasteiger partial charge < -0.3 is 10.3 Å². The molecule has 0 fully saturated rings. The van der Waals surface area contributed by atoms with Crippen LogP contribution in [0, 0.1) is 6.92 Å². The number of nitrogens with one attached hydrogen (secondary N) is 1. The summed E-state index contributed by atoms with van der Waals surface area (Å²) in [7, 11) is 0. The molecule has 0 aliphatic heterocycles. The number of benzene rings is 1. The van der Waals surface area contributed by atoms with Crippen LogP contribution in [0.2, 0.25) is 0 Å². The van der Waals surface area contributed by atoms with Crippen LogP contribution in [0.1, 0.15) is 29.8 Å². The van der Waals surface area contributed by atoms with Crippen molar-refractivity contribution in [2.75, 3.05) is 18.5 Å². The summed E-state index contributed by atoms with van der Waals surface area (Å²) in [4.78, 5) is 13.9. The largest absolute Gasteiger partial charge is 0.339 e. The van der Waals surface area contributed by atoms with Crippen LogP contribution >= 0.6 is 0 Å². The monoisotopic (exact) mass is 221 g/mol. The predicted molar refractivity (Wildman–Crippen MR) is 66.2 cm³/mol. The van der Waals surface area contributed by atoms with Gasteiger partial charge in [0.1, 0.15) is 0 Å². The molecular formula is C12H19N3O. The van der Waals surface area contributed by atoms with Crippen LogP contribution in [0.5, 0.6) is 0 Å². The molecule has 0 radical (unpaired) electrons. The van der Waals surface area contributed by atoms with Gasteiger partial charge in [0, 0.05) is 13.1 Å². The van der Waals surface area contributed by atoms with Gasteiger partial charge in [-0.25, -0.2) is 0 Å². The summed E-state index contributed by atoms with van der Waals surface area (Å²) in [6.45, 7) is 7.29. The number of hydrogen-bond donors (Lipinski definition) is 2. The topological polar surface area (TPSA) is 58.4 Å². The van der Waals surface area contributed by atoms with Crippen molar-refractivity contribution >= 4 is 11.6 Å². The smallest absolute Gasteiger partial charge is 0.255 e. The molecule has 0 aliphatic rings. The summed E-state index contributed by atoms with van der Waals surface area (Å²) in [6.07, 6.45) is 0. The Hall–Kier alpha value is -1.55. The molecule has 0 aliphatic carbocycles. The first-order valence-corrected chi connectivity index (χ1v) is 5.50. The Morgan fingerprint density at radius 2 is 2.00 bits per heavy atom. The van der Waals surface area contributed by atoms with Crippen molar-refractivity contribution in [2.45, 2.75) is 20.8 Å². The highest BCUT2D eigenvalue weighted by atomic mass is 16.2. The zero-order chi connectivity index (χ0) is 12.1. The van der Waals surface area contributed by atoms with Gasteiger partial charge in [-0.3, -0.25) is 10.6 Å². The summed E-state index contributed by atoms with van der Waals surface area (Å²) < 4.78 is 0. The van der Waals surface area contributed by atoms with Gasteiger partial charge >= 0.3 is 0 Å². The molecule has 0 saturated carbocycles. The fourth-order valence-corrected chi connectivity index (χ4v) is 1.64. The Bertz CT molecular complexity index is 373. The molecule has 1 rings (SSSR count). The number of anilines is 1. The molecule has 88 valence electrons. The van der Waals surface area contributed by atoms with E-state index in [4.69, 9.17) is 5.84 Å². The van der Waals surface area contributed by atoms with Crippen molar-refractivity contribution in [2.24, 2.45) is 5.84 Å². The lowest BCUT2D eigenvalue weighted by atomic mass is 10.1. The third-order valence-corrected chi connectivity index (χ3v) is 2.61. The maximum atomic E-state index is 12.2. The highest BCUT2D eigenvalue weighted by Gasteiger charge is 2.16. The van der Waals surface area contributed by atoms with Crippen LogP contribution in [0.15, 0.2) is 18.2 Å². The summed E-state index contributed by atoms with van der Waals surface area (Å²) in [5.74, 6) is 5.42. The second-order valence-electron chi connectivity index (χ2n) is 3.67. The SMILES string of the molecule is CCN(CC)C(=O)c1cc(C)ccc1NN. The normalized spacial score (nSPS) is 10.0. The number of nitrogens with zero attached hydrogens (tertiary/aromatic N) is 1. The van der Waals surface area contributed by atoms with E-state index < -0.39 is 0 Å². The zero-order valence-electron chi connectivity index (χ0n) is 10.1. The lowest BCUT2D eigenvalue weighted by Gasteiger charge is -2.20. The number of carbonyl (C=O) groups excluding carboxylic acids is 1. The van der Waals surface area contributed by atoms with Crippen LogP contribution in [-0.4, -0.2) is 23.9 Å². The van der Waals surface area contributed by atoms with Crippen LogP contribution in [0.25, 0.3) is 0 Å². The Morgan fingerprint density at radius 1 is 1.38 bits per heavy atom. The summed E-state index contributed by atoms with van der Waals surface area (Å²) in [5.41, 5.74) is 4.91. The predicted octanol–water partition coefficient (Wildman–Crippen LogP) is 1.76. The molecule has 1 amide bonds. The van der Waals surface area contributed by atoms with Crippen molar-refractivity contribution in [3.8, 4) is 0 Å². The van der Waals surface area contributed by atoms with E-state index in [1.165, 1.54) is 0 Å². The molecule has 3 N–H and O–H groups in total. The van der Waals surface area contributed by atoms with E-state index in [2.05, 4.69) is 5.43 Å². The van der Waals surface area contributed by atoms with Gasteiger partial charge in [-0.05, 0) is 32.9 Å². The van der Waals surface area contributed by atoms with E-state index >= 15 is 0 Å². The van der Waals surface area contributed by atoms with Crippen LogP contribution < -0.4 is 11.3 Å². The average molecular weight is 221 g/mol. The first kappa shape index (κ1) is 12.5. The molecule has 0 atom stereocenters. The molecule has 0 bridgehead atoms. The van der Waals surface area contributed by atoms with E-state index in [1.54, 1.807) is 4.90 Å². The van der Waals surface area contributed by atoms with Gasteiger partial charge in [0.25, 0.3) is 5.91 Å². The van der Waals surface area contributed by atoms with Gasteiger partial charge in [-0.15, -0.1) is 0 Å². The van der Waals surface area contributed by atoms with Crippen LogP contribution in [-0.2, 0) is 0 Å². The van der Waals surface area contributed by atoms with Crippen LogP contribution in [0.4, 0.5) is 5.69 Å². The Morgan fingerprint density at radius 3 is 2.50 bits per heavy atom. The van der Waals surface area contributed by atoms with Crippen LogP contribution in [0.3, 0.4) is 0 Å². The summed E-state index contributed by atoms with van der Waals surface area (Å²) in [5, 5.41) is 0. The van der Waals surface area contributed by atoms with Crippen molar-refractivity contribution in [3.05, 3.63) is 29.3 Å². The molecule has 0 aromatic heterocycles. The Balaban J connectivity index is 3.10. The molecular weight excluding hydrogens is 202 g/mol. The molecule has 1 aromatic carbocycles. The molecule has 1 aromatic rings. The third kappa shape index (κ3) is 2.52. The fourth-order valence-electron chi connectivity index (χ4n) is 1.64. The number of hydrogen-bond acceptors (Lipinski definition) is 3. The van der Waals surface area contributed by atoms with E-state index in [9.17, 15) is 4.79 Å². The number of hydrazine groups is 1. The van der Waals surface area contributed by atoms with Gasteiger partial charge in [0.05, 0.1) is 11.3 Å². The second-order valence-corrected chi connectivity index (χ2v) is 3.67. The zero-order valence-corrected chi connectivity index (χ0v) is 10.1. The van der Waals surface area contributed by atoms with Crippen molar-refractivity contribution in [1.29, 1.82) is 0 Å². The maximum absolute atomic E-state index is 12.2. The minimum atomic E-state index is 0.0154. The molecule has 4 heteroatoms. The Kier molecular flexibility index (Phi) is 4.31. The molecule has 0 saturated heterocycles. The first-order chi connectivity index (χ1) is 7.63. The Labute approximate surface area is 96.4 Å². The van der Waals surface area contributed by atoms with Gasteiger partial charge in [0.2, 0.25) is 0 Å². The van der Waals surface area contributed by atoms with Crippen molar-refractivity contribution < 1.29 is 4.79 Å². The van der Waals surface area contributed by atoms with E-state index in [0.717, 1.165) is 5.56 Å². The summed E-state index contributed by atoms with van der Waals surface area (Å²) >= 11 is 0. The molecule has 0 spiro atoms. The molecule has 4 nitrogen and oxygen atoms in total. The second kappa shape index (κ2) is 5.51. The van der Waals surface area contributed by atoms with E-state index in [-0.39, 0.29) is 5.91 Å². The molecule has 16 heavy (non-hydrogen) atoms. The lowest BCUT2D eigenvalue weighted by Crippen LogP contribution is -2.31. The number of aryl methyl sites for hydroxylation is 1. The quantitative estimate of drug-likeness (QED) is 0.601. The van der Waals surface area contributed by atoms with Crippen molar-refractivity contribution in [3.63, 3.8) is 0 Å². The molecule has 0 heterocycles. The highest BCUT2D eigenvalue weighted by Crippen LogP contribution is 2.18. The van der Waals surface area contributed by atoms with E-state index in [0.29, 0.717) is 24.3 Å². The minimum Gasteiger partial charge on any atom is -0.339 e. The fraction of sp³-hybridized carbons (Fsp3) is 0.417. The number of amides is 1. The van der Waals surface area contributed by atoms with Crippen molar-refractivity contribution in [1.82, 2.24) is 4.90 Å². The first-order valence-electron chi connectivity index (χ1n) is 5.50. The lowest BCUT2D eigenvalue weighted by molar-refractivity contribution is 0.0774. The summed E-state index contributed by atoms with van der Waals surface area (Å²) in [6, 6.07) is 5.61. The van der Waals surface area contributed by atoms with Gasteiger partial charge in [0.15, 0.2) is 0 Å². The minimum absolute atomic E-state index is 0.0154. The number of nitrogens with two attached hydrogens (primary N) is 1.